The number of carbonyl (C=O) groups is 1. The van der Waals surface area contributed by atoms with Crippen LogP contribution in [0.3, 0.4) is 0 Å². The molecule has 11 heteroatoms. The standard InChI is InChI=1S/C25H32F3N3O4S/c1-4-35-23-11-6-5-10-22(23)29-24(32)17-30-14-12-20(13-15-30)31(18(2)3)36(33,34)21-9-7-8-19(16-21)25(26,27)28/h5-11,16,18,20H,4,12-15,17H2,1-3H3,(H,29,32). The first-order valence-corrected chi connectivity index (χ1v) is 13.3. The molecular weight excluding hydrogens is 495 g/mol. The number of amides is 1. The Balaban J connectivity index is 1.66. The molecule has 2 aromatic rings. The number of piperidine rings is 1. The lowest BCUT2D eigenvalue weighted by Gasteiger charge is -2.39. The van der Waals surface area contributed by atoms with Gasteiger partial charge < -0.3 is 10.1 Å². The molecule has 1 N–H and O–H groups in total. The fourth-order valence-corrected chi connectivity index (χ4v) is 6.35. The molecule has 1 aliphatic rings. The molecule has 0 unspecified atom stereocenters. The second-order valence-corrected chi connectivity index (χ2v) is 10.8. The maximum atomic E-state index is 13.4. The van der Waals surface area contributed by atoms with Crippen LogP contribution in [0.2, 0.25) is 0 Å². The number of para-hydroxylation sites is 2. The van der Waals surface area contributed by atoms with E-state index in [0.29, 0.717) is 50.0 Å². The highest BCUT2D eigenvalue weighted by atomic mass is 32.2. The van der Waals surface area contributed by atoms with E-state index in [1.807, 2.05) is 17.9 Å². The molecule has 1 heterocycles. The Bertz CT molecular complexity index is 1150. The normalized spacial score (nSPS) is 15.9. The third-order valence-electron chi connectivity index (χ3n) is 5.99. The quantitative estimate of drug-likeness (QED) is 0.516. The van der Waals surface area contributed by atoms with Gasteiger partial charge in [-0.3, -0.25) is 9.69 Å². The molecule has 3 rings (SSSR count). The molecule has 0 atom stereocenters. The van der Waals surface area contributed by atoms with Gasteiger partial charge in [-0.15, -0.1) is 0 Å². The second-order valence-electron chi connectivity index (χ2n) is 8.94. The fraction of sp³-hybridized carbons (Fsp3) is 0.480. The SMILES string of the molecule is CCOc1ccccc1NC(=O)CN1CCC(N(C(C)C)S(=O)(=O)c2cccc(C(F)(F)F)c2)CC1. The van der Waals surface area contributed by atoms with Gasteiger partial charge in [-0.05, 0) is 63.9 Å². The molecule has 0 bridgehead atoms. The predicted molar refractivity (Wildman–Crippen MR) is 131 cm³/mol. The van der Waals surface area contributed by atoms with Gasteiger partial charge in [0.15, 0.2) is 0 Å². The Morgan fingerprint density at radius 3 is 2.42 bits per heavy atom. The molecule has 7 nitrogen and oxygen atoms in total. The molecule has 1 aliphatic heterocycles. The topological polar surface area (TPSA) is 79.0 Å². The number of ether oxygens (including phenoxy) is 1. The number of hydrogen-bond donors (Lipinski definition) is 1. The summed E-state index contributed by atoms with van der Waals surface area (Å²) >= 11 is 0. The van der Waals surface area contributed by atoms with Crippen LogP contribution in [0.25, 0.3) is 0 Å². The van der Waals surface area contributed by atoms with Crippen LogP contribution in [0.4, 0.5) is 18.9 Å². The Labute approximate surface area is 210 Å². The number of anilines is 1. The van der Waals surface area contributed by atoms with E-state index in [-0.39, 0.29) is 23.4 Å². The fourth-order valence-electron chi connectivity index (χ4n) is 4.43. The Morgan fingerprint density at radius 1 is 1.14 bits per heavy atom. The van der Waals surface area contributed by atoms with Crippen LogP contribution >= 0.6 is 0 Å². The summed E-state index contributed by atoms with van der Waals surface area (Å²) in [6.45, 7) is 6.84. The summed E-state index contributed by atoms with van der Waals surface area (Å²) in [5, 5.41) is 2.85. The third kappa shape index (κ3) is 6.77. The van der Waals surface area contributed by atoms with Crippen LogP contribution in [0.1, 0.15) is 39.2 Å². The number of likely N-dealkylation sites (tertiary alicyclic amines) is 1. The largest absolute Gasteiger partial charge is 0.492 e. The van der Waals surface area contributed by atoms with Gasteiger partial charge in [0.2, 0.25) is 15.9 Å². The van der Waals surface area contributed by atoms with E-state index in [1.165, 1.54) is 10.4 Å². The van der Waals surface area contributed by atoms with Crippen molar-refractivity contribution in [1.29, 1.82) is 0 Å². The van der Waals surface area contributed by atoms with Crippen molar-refractivity contribution in [3.63, 3.8) is 0 Å². The Hall–Kier alpha value is -2.63. The minimum absolute atomic E-state index is 0.134. The number of halogens is 3. The summed E-state index contributed by atoms with van der Waals surface area (Å²) < 4.78 is 73.1. The van der Waals surface area contributed by atoms with E-state index in [2.05, 4.69) is 5.32 Å². The molecule has 1 amide bonds. The van der Waals surface area contributed by atoms with Gasteiger partial charge >= 0.3 is 6.18 Å². The molecule has 0 spiro atoms. The minimum atomic E-state index is -4.64. The summed E-state index contributed by atoms with van der Waals surface area (Å²) in [4.78, 5) is 14.2. The zero-order valence-corrected chi connectivity index (χ0v) is 21.4. The number of benzene rings is 2. The molecule has 0 radical (unpaired) electrons. The predicted octanol–water partition coefficient (Wildman–Crippen LogP) is 4.61. The number of nitrogens with zero attached hydrogens (tertiary/aromatic N) is 2. The van der Waals surface area contributed by atoms with Gasteiger partial charge in [0.05, 0.1) is 29.3 Å². The molecule has 36 heavy (non-hydrogen) atoms. The highest BCUT2D eigenvalue weighted by Crippen LogP contribution is 2.33. The van der Waals surface area contributed by atoms with Gasteiger partial charge in [0, 0.05) is 25.2 Å². The van der Waals surface area contributed by atoms with Crippen LogP contribution in [0.15, 0.2) is 53.4 Å². The summed E-state index contributed by atoms with van der Waals surface area (Å²) in [5.74, 6) is 0.373. The van der Waals surface area contributed by atoms with Gasteiger partial charge in [0.1, 0.15) is 5.75 Å². The average Bonchev–Trinajstić information content (AvgIpc) is 2.81. The van der Waals surface area contributed by atoms with Crippen LogP contribution in [-0.2, 0) is 21.0 Å². The maximum absolute atomic E-state index is 13.4. The number of rotatable bonds is 9. The van der Waals surface area contributed by atoms with Gasteiger partial charge in [-0.25, -0.2) is 8.42 Å². The van der Waals surface area contributed by atoms with Crippen LogP contribution in [0, 0.1) is 0 Å². The van der Waals surface area contributed by atoms with Gasteiger partial charge in [0.25, 0.3) is 0 Å². The zero-order valence-electron chi connectivity index (χ0n) is 20.6. The first-order valence-electron chi connectivity index (χ1n) is 11.9. The molecule has 1 saturated heterocycles. The van der Waals surface area contributed by atoms with Crippen molar-refractivity contribution >= 4 is 21.6 Å². The highest BCUT2D eigenvalue weighted by Gasteiger charge is 2.38. The highest BCUT2D eigenvalue weighted by molar-refractivity contribution is 7.89. The van der Waals surface area contributed by atoms with Crippen LogP contribution < -0.4 is 10.1 Å². The van der Waals surface area contributed by atoms with Crippen molar-refractivity contribution in [3.8, 4) is 5.75 Å². The lowest BCUT2D eigenvalue weighted by atomic mass is 10.0. The summed E-state index contributed by atoms with van der Waals surface area (Å²) in [6, 6.07) is 10.2. The molecule has 1 fully saturated rings. The van der Waals surface area contributed by atoms with Gasteiger partial charge in [-0.1, -0.05) is 18.2 Å². The number of alkyl halides is 3. The van der Waals surface area contributed by atoms with Crippen molar-refractivity contribution < 1.29 is 31.1 Å². The molecular formula is C25H32F3N3O4S. The van der Waals surface area contributed by atoms with Crippen molar-refractivity contribution in [1.82, 2.24) is 9.21 Å². The third-order valence-corrected chi connectivity index (χ3v) is 8.12. The number of hydrogen-bond acceptors (Lipinski definition) is 5. The molecule has 0 saturated carbocycles. The van der Waals surface area contributed by atoms with Crippen molar-refractivity contribution in [3.05, 3.63) is 54.1 Å². The van der Waals surface area contributed by atoms with Crippen molar-refractivity contribution in [2.75, 3.05) is 31.6 Å². The first-order chi connectivity index (χ1) is 16.9. The van der Waals surface area contributed by atoms with Gasteiger partial charge in [-0.2, -0.15) is 17.5 Å². The summed E-state index contributed by atoms with van der Waals surface area (Å²) in [6.07, 6.45) is -3.72. The minimum Gasteiger partial charge on any atom is -0.492 e. The van der Waals surface area contributed by atoms with Crippen LogP contribution in [-0.4, -0.2) is 61.9 Å². The molecule has 198 valence electrons. The van der Waals surface area contributed by atoms with E-state index >= 15 is 0 Å². The van der Waals surface area contributed by atoms with E-state index in [0.717, 1.165) is 12.1 Å². The first kappa shape index (κ1) is 27.9. The molecule has 0 aromatic heterocycles. The van der Waals surface area contributed by atoms with E-state index in [4.69, 9.17) is 4.74 Å². The van der Waals surface area contributed by atoms with Crippen LogP contribution in [0.5, 0.6) is 5.75 Å². The average molecular weight is 528 g/mol. The van der Waals surface area contributed by atoms with Crippen molar-refractivity contribution in [2.45, 2.75) is 56.8 Å². The number of carbonyl (C=O) groups excluding carboxylic acids is 1. The van der Waals surface area contributed by atoms with Crippen molar-refractivity contribution in [2.24, 2.45) is 0 Å². The second kappa shape index (κ2) is 11.6. The Morgan fingerprint density at radius 2 is 1.81 bits per heavy atom. The van der Waals surface area contributed by atoms with E-state index < -0.39 is 27.8 Å². The number of nitrogens with one attached hydrogen (secondary N) is 1. The monoisotopic (exact) mass is 527 g/mol. The smallest absolute Gasteiger partial charge is 0.416 e. The van der Waals surface area contributed by atoms with E-state index in [1.54, 1.807) is 32.0 Å². The zero-order chi connectivity index (χ0) is 26.5. The van der Waals surface area contributed by atoms with E-state index in [9.17, 15) is 26.4 Å². The lowest BCUT2D eigenvalue weighted by Crippen LogP contribution is -2.51. The maximum Gasteiger partial charge on any atom is 0.416 e. The summed E-state index contributed by atoms with van der Waals surface area (Å²) in [5.41, 5.74) is -0.420. The lowest BCUT2D eigenvalue weighted by molar-refractivity contribution is -0.137. The number of sulfonamides is 1. The Kier molecular flexibility index (Phi) is 9.02. The summed E-state index contributed by atoms with van der Waals surface area (Å²) in [7, 11) is -4.15. The molecule has 0 aliphatic carbocycles. The molecule has 2 aromatic carbocycles.